The van der Waals surface area contributed by atoms with Crippen LogP contribution in [0.1, 0.15) is 37.8 Å². The second kappa shape index (κ2) is 7.65. The predicted octanol–water partition coefficient (Wildman–Crippen LogP) is 3.11. The van der Waals surface area contributed by atoms with Crippen molar-refractivity contribution in [2.75, 3.05) is 31.1 Å². The smallest absolute Gasteiger partial charge is 0.0750 e. The molecule has 1 fully saturated rings. The van der Waals surface area contributed by atoms with E-state index >= 15 is 0 Å². The minimum Gasteiger partial charge on any atom is -0.377 e. The Kier molecular flexibility index (Phi) is 5.86. The van der Waals surface area contributed by atoms with Crippen molar-refractivity contribution in [3.05, 3.63) is 29.3 Å². The summed E-state index contributed by atoms with van der Waals surface area (Å²) in [4.78, 5) is 2.47. The second-order valence-electron chi connectivity index (χ2n) is 5.56. The number of hydrogen-bond acceptors (Lipinski definition) is 3. The maximum Gasteiger partial charge on any atom is 0.0750 e. The maximum atomic E-state index is 5.79. The first-order valence-electron chi connectivity index (χ1n) is 7.91. The van der Waals surface area contributed by atoms with Crippen LogP contribution in [0.4, 0.5) is 5.69 Å². The highest BCUT2D eigenvalue weighted by Gasteiger charge is 2.20. The largest absolute Gasteiger partial charge is 0.377 e. The van der Waals surface area contributed by atoms with E-state index in [1.807, 2.05) is 0 Å². The van der Waals surface area contributed by atoms with Gasteiger partial charge in [0.1, 0.15) is 0 Å². The molecule has 1 heterocycles. The first-order chi connectivity index (χ1) is 9.74. The van der Waals surface area contributed by atoms with Crippen LogP contribution in [-0.2, 0) is 11.3 Å². The summed E-state index contributed by atoms with van der Waals surface area (Å²) >= 11 is 0. The highest BCUT2D eigenvalue weighted by molar-refractivity contribution is 5.51. The van der Waals surface area contributed by atoms with Crippen LogP contribution in [0.25, 0.3) is 0 Å². The molecule has 20 heavy (non-hydrogen) atoms. The number of nitrogens with one attached hydrogen (secondary N) is 1. The minimum absolute atomic E-state index is 0.399. The number of piperidine rings is 1. The molecule has 0 aliphatic carbocycles. The van der Waals surface area contributed by atoms with E-state index in [-0.39, 0.29) is 0 Å². The lowest BCUT2D eigenvalue weighted by molar-refractivity contribution is 0.0527. The summed E-state index contributed by atoms with van der Waals surface area (Å²) in [6.45, 7) is 11.4. The molecule has 0 spiro atoms. The van der Waals surface area contributed by atoms with Gasteiger partial charge in [0.05, 0.1) is 6.10 Å². The SMILES string of the molecule is CCNCc1ccc(N2CCCC(OCC)C2)cc1C. The van der Waals surface area contributed by atoms with Crippen LogP contribution >= 0.6 is 0 Å². The van der Waals surface area contributed by atoms with Gasteiger partial charge in [0, 0.05) is 31.9 Å². The fraction of sp³-hybridized carbons (Fsp3) is 0.647. The van der Waals surface area contributed by atoms with Gasteiger partial charge in [0.2, 0.25) is 0 Å². The number of benzene rings is 1. The van der Waals surface area contributed by atoms with E-state index < -0.39 is 0 Å². The molecule has 1 aliphatic heterocycles. The highest BCUT2D eigenvalue weighted by Crippen LogP contribution is 2.24. The van der Waals surface area contributed by atoms with Crippen molar-refractivity contribution in [3.63, 3.8) is 0 Å². The summed E-state index contributed by atoms with van der Waals surface area (Å²) in [5.41, 5.74) is 4.11. The average molecular weight is 276 g/mol. The second-order valence-corrected chi connectivity index (χ2v) is 5.56. The molecular formula is C17H28N2O. The van der Waals surface area contributed by atoms with Crippen LogP contribution in [0.15, 0.2) is 18.2 Å². The molecule has 0 bridgehead atoms. The van der Waals surface area contributed by atoms with Crippen molar-refractivity contribution in [2.45, 2.75) is 46.3 Å². The lowest BCUT2D eigenvalue weighted by Crippen LogP contribution is -2.39. The van der Waals surface area contributed by atoms with Gasteiger partial charge in [-0.1, -0.05) is 13.0 Å². The first-order valence-corrected chi connectivity index (χ1v) is 7.91. The Bertz CT molecular complexity index is 417. The van der Waals surface area contributed by atoms with Crippen molar-refractivity contribution in [3.8, 4) is 0 Å². The van der Waals surface area contributed by atoms with Gasteiger partial charge in [-0.3, -0.25) is 0 Å². The fourth-order valence-corrected chi connectivity index (χ4v) is 2.88. The maximum absolute atomic E-state index is 5.79. The first kappa shape index (κ1) is 15.3. The van der Waals surface area contributed by atoms with E-state index in [4.69, 9.17) is 4.74 Å². The van der Waals surface area contributed by atoms with Crippen molar-refractivity contribution >= 4 is 5.69 Å². The molecule has 1 aromatic rings. The number of anilines is 1. The normalized spacial score (nSPS) is 19.4. The lowest BCUT2D eigenvalue weighted by atomic mass is 10.0. The fourth-order valence-electron chi connectivity index (χ4n) is 2.88. The Morgan fingerprint density at radius 2 is 2.20 bits per heavy atom. The zero-order valence-electron chi connectivity index (χ0n) is 13.1. The van der Waals surface area contributed by atoms with Gasteiger partial charge in [-0.05, 0) is 56.5 Å². The van der Waals surface area contributed by atoms with Gasteiger partial charge in [0.15, 0.2) is 0 Å². The summed E-state index contributed by atoms with van der Waals surface area (Å²) < 4.78 is 5.79. The van der Waals surface area contributed by atoms with Crippen molar-refractivity contribution in [1.82, 2.24) is 5.32 Å². The van der Waals surface area contributed by atoms with Crippen LogP contribution in [0.5, 0.6) is 0 Å². The summed E-state index contributed by atoms with van der Waals surface area (Å²) in [5, 5.41) is 3.39. The Morgan fingerprint density at radius 1 is 1.35 bits per heavy atom. The molecule has 0 radical (unpaired) electrons. The van der Waals surface area contributed by atoms with Gasteiger partial charge >= 0.3 is 0 Å². The summed E-state index contributed by atoms with van der Waals surface area (Å²) in [7, 11) is 0. The third-order valence-corrected chi connectivity index (χ3v) is 4.04. The number of nitrogens with zero attached hydrogens (tertiary/aromatic N) is 1. The predicted molar refractivity (Wildman–Crippen MR) is 85.4 cm³/mol. The van der Waals surface area contributed by atoms with Gasteiger partial charge in [-0.15, -0.1) is 0 Å². The molecule has 1 aromatic carbocycles. The third-order valence-electron chi connectivity index (χ3n) is 4.04. The molecule has 1 saturated heterocycles. The summed E-state index contributed by atoms with van der Waals surface area (Å²) in [6.07, 6.45) is 2.82. The molecule has 3 nitrogen and oxygen atoms in total. The average Bonchev–Trinajstić information content (AvgIpc) is 2.46. The number of aryl methyl sites for hydroxylation is 1. The Morgan fingerprint density at radius 3 is 2.90 bits per heavy atom. The van der Waals surface area contributed by atoms with Gasteiger partial charge < -0.3 is 15.0 Å². The zero-order valence-corrected chi connectivity index (χ0v) is 13.1. The molecule has 0 aromatic heterocycles. The summed E-state index contributed by atoms with van der Waals surface area (Å²) in [6, 6.07) is 6.84. The summed E-state index contributed by atoms with van der Waals surface area (Å²) in [5.74, 6) is 0. The quantitative estimate of drug-likeness (QED) is 0.864. The third kappa shape index (κ3) is 3.97. The highest BCUT2D eigenvalue weighted by atomic mass is 16.5. The number of ether oxygens (including phenoxy) is 1. The standard InChI is InChI=1S/C17H28N2O/c1-4-18-12-15-8-9-16(11-14(15)3)19-10-6-7-17(13-19)20-5-2/h8-9,11,17-18H,4-7,10,12-13H2,1-3H3. The van der Waals surface area contributed by atoms with Crippen LogP contribution in [0, 0.1) is 6.92 Å². The van der Waals surface area contributed by atoms with Crippen molar-refractivity contribution in [1.29, 1.82) is 0 Å². The van der Waals surface area contributed by atoms with Crippen LogP contribution in [0.3, 0.4) is 0 Å². The van der Waals surface area contributed by atoms with Crippen molar-refractivity contribution in [2.24, 2.45) is 0 Å². The zero-order chi connectivity index (χ0) is 14.4. The van der Waals surface area contributed by atoms with Crippen molar-refractivity contribution < 1.29 is 4.74 Å². The topological polar surface area (TPSA) is 24.5 Å². The molecule has 112 valence electrons. The number of rotatable bonds is 6. The Hall–Kier alpha value is -1.06. The number of hydrogen-bond donors (Lipinski definition) is 1. The molecule has 3 heteroatoms. The monoisotopic (exact) mass is 276 g/mol. The Balaban J connectivity index is 2.03. The van der Waals surface area contributed by atoms with E-state index in [1.54, 1.807) is 0 Å². The van der Waals surface area contributed by atoms with E-state index in [0.29, 0.717) is 6.10 Å². The van der Waals surface area contributed by atoms with Crippen LogP contribution in [-0.4, -0.2) is 32.3 Å². The van der Waals surface area contributed by atoms with E-state index in [9.17, 15) is 0 Å². The molecule has 0 amide bonds. The van der Waals surface area contributed by atoms with Gasteiger partial charge in [0.25, 0.3) is 0 Å². The minimum atomic E-state index is 0.399. The molecule has 1 N–H and O–H groups in total. The molecule has 1 atom stereocenters. The van der Waals surface area contributed by atoms with E-state index in [1.165, 1.54) is 29.7 Å². The molecule has 1 unspecified atom stereocenters. The lowest BCUT2D eigenvalue weighted by Gasteiger charge is -2.34. The molecule has 1 aliphatic rings. The van der Waals surface area contributed by atoms with Crippen LogP contribution < -0.4 is 10.2 Å². The molecular weight excluding hydrogens is 248 g/mol. The molecule has 2 rings (SSSR count). The van der Waals surface area contributed by atoms with E-state index in [0.717, 1.165) is 32.8 Å². The Labute approximate surface area is 123 Å². The van der Waals surface area contributed by atoms with Crippen LogP contribution in [0.2, 0.25) is 0 Å². The molecule has 0 saturated carbocycles. The van der Waals surface area contributed by atoms with Gasteiger partial charge in [-0.2, -0.15) is 0 Å². The van der Waals surface area contributed by atoms with E-state index in [2.05, 4.69) is 49.2 Å². The van der Waals surface area contributed by atoms with Gasteiger partial charge in [-0.25, -0.2) is 0 Å².